The molecule has 12 rings (SSSR count). The van der Waals surface area contributed by atoms with Crippen molar-refractivity contribution in [3.8, 4) is 11.6 Å². The summed E-state index contributed by atoms with van der Waals surface area (Å²) in [6.07, 6.45) is 9.90. The molecule has 4 aromatic heterocycles. The van der Waals surface area contributed by atoms with Crippen molar-refractivity contribution in [2.45, 2.75) is 63.6 Å². The van der Waals surface area contributed by atoms with Crippen molar-refractivity contribution < 1.29 is 18.3 Å². The lowest BCUT2D eigenvalue weighted by atomic mass is 9.69. The lowest BCUT2D eigenvalue weighted by molar-refractivity contribution is -0.0403. The van der Waals surface area contributed by atoms with Gasteiger partial charge in [0.2, 0.25) is 5.88 Å². The molecule has 2 aliphatic carbocycles. The number of nitrogens with one attached hydrogen (secondary N) is 1. The molecular formula is C60H60F2N6O2. The number of ether oxygens (including phenoxy) is 2. The van der Waals surface area contributed by atoms with Crippen molar-refractivity contribution in [1.29, 1.82) is 0 Å². The summed E-state index contributed by atoms with van der Waals surface area (Å²) in [5.41, 5.74) is 17.6. The highest BCUT2D eigenvalue weighted by molar-refractivity contribution is 6.02. The van der Waals surface area contributed by atoms with Crippen LogP contribution in [0.1, 0.15) is 86.1 Å². The van der Waals surface area contributed by atoms with Crippen LogP contribution in [-0.4, -0.2) is 82.4 Å². The Morgan fingerprint density at radius 3 is 2.44 bits per heavy atom. The van der Waals surface area contributed by atoms with Crippen LogP contribution in [0.5, 0.6) is 11.6 Å². The maximum absolute atomic E-state index is 15.4. The van der Waals surface area contributed by atoms with Crippen LogP contribution in [0, 0.1) is 24.7 Å². The average molecular weight is 935 g/mol. The van der Waals surface area contributed by atoms with Gasteiger partial charge in [-0.2, -0.15) is 0 Å². The van der Waals surface area contributed by atoms with Crippen LogP contribution in [0.2, 0.25) is 0 Å². The van der Waals surface area contributed by atoms with E-state index in [4.69, 9.17) is 19.4 Å². The van der Waals surface area contributed by atoms with Gasteiger partial charge in [-0.25, -0.2) is 9.97 Å². The van der Waals surface area contributed by atoms with Gasteiger partial charge in [-0.3, -0.25) is 18.6 Å². The number of alkyl halides is 2. The zero-order valence-corrected chi connectivity index (χ0v) is 40.3. The van der Waals surface area contributed by atoms with E-state index >= 15 is 4.39 Å². The van der Waals surface area contributed by atoms with E-state index in [0.29, 0.717) is 24.9 Å². The van der Waals surface area contributed by atoms with E-state index in [9.17, 15) is 4.39 Å². The molecule has 10 heteroatoms. The Hall–Kier alpha value is -6.62. The van der Waals surface area contributed by atoms with Crippen LogP contribution in [0.25, 0.3) is 27.7 Å². The molecule has 0 bridgehead atoms. The molecule has 0 saturated carbocycles. The Bertz CT molecular complexity index is 3250. The summed E-state index contributed by atoms with van der Waals surface area (Å²) in [5, 5.41) is 1.14. The van der Waals surface area contributed by atoms with E-state index in [1.807, 2.05) is 6.20 Å². The first-order valence-electron chi connectivity index (χ1n) is 25.1. The second kappa shape index (κ2) is 18.6. The molecule has 2 saturated heterocycles. The minimum absolute atomic E-state index is 0.00803. The van der Waals surface area contributed by atoms with Gasteiger partial charge in [0.25, 0.3) is 0 Å². The molecule has 8 nitrogen and oxygen atoms in total. The van der Waals surface area contributed by atoms with Gasteiger partial charge in [0, 0.05) is 103 Å². The molecule has 2 aliphatic heterocycles. The van der Waals surface area contributed by atoms with Crippen LogP contribution >= 0.6 is 0 Å². The Kier molecular flexibility index (Phi) is 11.9. The summed E-state index contributed by atoms with van der Waals surface area (Å²) in [6, 6.07) is 41.8. The smallest absolute Gasteiger partial charge is 0.213 e. The number of imidazole rings is 1. The number of hydrogen-bond donors (Lipinski definition) is 1. The van der Waals surface area contributed by atoms with Gasteiger partial charge >= 0.3 is 0 Å². The Labute approximate surface area is 409 Å². The number of allylic oxidation sites excluding steroid dienone is 1. The van der Waals surface area contributed by atoms with Gasteiger partial charge in [-0.1, -0.05) is 66.7 Å². The molecular weight excluding hydrogens is 875 g/mol. The summed E-state index contributed by atoms with van der Waals surface area (Å²) in [5.74, 6) is 2.13. The molecule has 8 aromatic rings. The van der Waals surface area contributed by atoms with E-state index in [0.717, 1.165) is 101 Å². The maximum atomic E-state index is 15.4. The predicted molar refractivity (Wildman–Crippen MR) is 274 cm³/mol. The van der Waals surface area contributed by atoms with Crippen LogP contribution in [0.3, 0.4) is 0 Å². The number of methoxy groups -OCH3 is 2. The number of rotatable bonds is 13. The SMILES string of the molecule is COc1ccc2c(c1)CC[C@H](c1ccccc1)[C@@H]2c1ccn2cc(CN3CC(CF)C3C3CC(c4ccccc4C)=C(c4ccc5[nH]c(CN6CC(CF)C6)cc5c4)c4cnc(OC)cc4C3)nc2c1. The minimum Gasteiger partial charge on any atom is -0.497 e. The molecule has 2 fully saturated rings. The number of benzene rings is 4. The van der Waals surface area contributed by atoms with Crippen molar-refractivity contribution in [3.63, 3.8) is 0 Å². The molecule has 356 valence electrons. The third-order valence-corrected chi connectivity index (χ3v) is 16.1. The molecule has 70 heavy (non-hydrogen) atoms. The third kappa shape index (κ3) is 8.18. The van der Waals surface area contributed by atoms with Crippen LogP contribution < -0.4 is 9.47 Å². The average Bonchev–Trinajstić information content (AvgIpc) is 3.94. The first-order chi connectivity index (χ1) is 34.3. The number of aromatic amines is 1. The predicted octanol–water partition coefficient (Wildman–Crippen LogP) is 11.8. The Morgan fingerprint density at radius 2 is 1.63 bits per heavy atom. The Morgan fingerprint density at radius 1 is 0.771 bits per heavy atom. The summed E-state index contributed by atoms with van der Waals surface area (Å²) in [4.78, 5) is 18.6. The first kappa shape index (κ1) is 44.6. The van der Waals surface area contributed by atoms with Gasteiger partial charge in [0.15, 0.2) is 0 Å². The molecule has 6 heterocycles. The fraction of sp³-hybridized carbons (Fsp3) is 0.333. The summed E-state index contributed by atoms with van der Waals surface area (Å²) in [6.45, 7) is 5.24. The second-order valence-electron chi connectivity index (χ2n) is 20.4. The van der Waals surface area contributed by atoms with Gasteiger partial charge in [-0.05, 0) is 143 Å². The summed E-state index contributed by atoms with van der Waals surface area (Å²) < 4.78 is 42.2. The van der Waals surface area contributed by atoms with Crippen molar-refractivity contribution in [1.82, 2.24) is 29.2 Å². The molecule has 4 aliphatic rings. The highest BCUT2D eigenvalue weighted by Crippen LogP contribution is 2.49. The number of hydrogen-bond acceptors (Lipinski definition) is 6. The Balaban J connectivity index is 0.889. The second-order valence-corrected chi connectivity index (χ2v) is 20.4. The van der Waals surface area contributed by atoms with Crippen LogP contribution in [0.4, 0.5) is 8.78 Å². The molecule has 0 radical (unpaired) electrons. The zero-order chi connectivity index (χ0) is 47.5. The first-order valence-corrected chi connectivity index (χ1v) is 25.1. The molecule has 1 N–H and O–H groups in total. The van der Waals surface area contributed by atoms with Gasteiger partial charge < -0.3 is 18.9 Å². The van der Waals surface area contributed by atoms with E-state index in [-0.39, 0.29) is 43.1 Å². The molecule has 3 unspecified atom stereocenters. The number of nitrogens with zero attached hydrogens (tertiary/aromatic N) is 5. The number of aromatic nitrogens is 4. The largest absolute Gasteiger partial charge is 0.497 e. The van der Waals surface area contributed by atoms with Gasteiger partial charge in [0.1, 0.15) is 11.4 Å². The highest BCUT2D eigenvalue weighted by atomic mass is 19.1. The van der Waals surface area contributed by atoms with E-state index in [1.54, 1.807) is 14.2 Å². The van der Waals surface area contributed by atoms with Gasteiger partial charge in [-0.15, -0.1) is 0 Å². The van der Waals surface area contributed by atoms with Crippen molar-refractivity contribution >= 4 is 27.7 Å². The standard InChI is InChI=1S/C60H60F2N6O2/c1-37-9-7-8-12-50(37)53-25-45(22-43-27-57(70-3)63-30-54(43)59(53)41-14-18-55-44(21-41)23-47(64-55)34-66-31-38(28-61)32-66)60-46(29-62)33-68(60)36-48-35-67-20-19-42(26-56(67)65-48)58-51(39-10-5-4-6-11-39)16-13-40-24-49(69-2)15-17-52(40)58/h4-12,14-15,17-21,23-24,26-27,30,35,38,45-46,51,58,60,64H,13,16,22,25,28-29,31-34,36H2,1-3H3/t45?,46?,51-,58+,60?/m1/s1. The number of H-pyrrole nitrogens is 1. The molecule has 0 amide bonds. The number of pyridine rings is 2. The number of fused-ring (bicyclic) bond motifs is 4. The monoisotopic (exact) mass is 934 g/mol. The number of likely N-dealkylation sites (tertiary alicyclic amines) is 2. The van der Waals surface area contributed by atoms with E-state index in [2.05, 4.69) is 154 Å². The third-order valence-electron chi connectivity index (χ3n) is 16.1. The van der Waals surface area contributed by atoms with Gasteiger partial charge in [0.05, 0.1) is 33.3 Å². The fourth-order valence-electron chi connectivity index (χ4n) is 12.8. The lowest BCUT2D eigenvalue weighted by Gasteiger charge is -2.51. The zero-order valence-electron chi connectivity index (χ0n) is 40.3. The lowest BCUT2D eigenvalue weighted by Crippen LogP contribution is -2.60. The summed E-state index contributed by atoms with van der Waals surface area (Å²) >= 11 is 0. The fourth-order valence-corrected chi connectivity index (χ4v) is 12.8. The minimum atomic E-state index is -0.370. The van der Waals surface area contributed by atoms with Crippen molar-refractivity contribution in [3.05, 3.63) is 195 Å². The molecule has 4 aromatic carbocycles. The quantitative estimate of drug-likeness (QED) is 0.124. The normalized spacial score (nSPS) is 21.8. The number of aryl methyl sites for hydroxylation is 2. The molecule has 0 spiro atoms. The number of halogens is 2. The van der Waals surface area contributed by atoms with Crippen LogP contribution in [-0.2, 0) is 25.9 Å². The topological polar surface area (TPSA) is 70.9 Å². The molecule has 5 atom stereocenters. The van der Waals surface area contributed by atoms with E-state index in [1.165, 1.54) is 39.0 Å². The van der Waals surface area contributed by atoms with Crippen LogP contribution in [0.15, 0.2) is 134 Å². The summed E-state index contributed by atoms with van der Waals surface area (Å²) in [7, 11) is 3.41. The maximum Gasteiger partial charge on any atom is 0.213 e. The van der Waals surface area contributed by atoms with Crippen molar-refractivity contribution in [2.24, 2.45) is 17.8 Å². The van der Waals surface area contributed by atoms with Crippen molar-refractivity contribution in [2.75, 3.05) is 47.2 Å². The highest BCUT2D eigenvalue weighted by Gasteiger charge is 2.45. The van der Waals surface area contributed by atoms with E-state index < -0.39 is 0 Å².